The zero-order valence-electron chi connectivity index (χ0n) is 7.09. The summed E-state index contributed by atoms with van der Waals surface area (Å²) in [7, 11) is 1.96. The van der Waals surface area contributed by atoms with Crippen LogP contribution >= 0.6 is 0 Å². The van der Waals surface area contributed by atoms with E-state index in [9.17, 15) is 4.79 Å². The van der Waals surface area contributed by atoms with Crippen LogP contribution in [0.2, 0.25) is 0 Å². The highest BCUT2D eigenvalue weighted by atomic mass is 16.1. The van der Waals surface area contributed by atoms with Crippen molar-refractivity contribution in [1.82, 2.24) is 9.55 Å². The number of aromatic nitrogens is 2. The Morgan fingerprint density at radius 1 is 1.50 bits per heavy atom. The molecule has 0 aromatic carbocycles. The van der Waals surface area contributed by atoms with Gasteiger partial charge in [-0.1, -0.05) is 0 Å². The van der Waals surface area contributed by atoms with E-state index in [-0.39, 0.29) is 5.56 Å². The summed E-state index contributed by atoms with van der Waals surface area (Å²) in [5.74, 6) is 0. The van der Waals surface area contributed by atoms with Gasteiger partial charge in [0, 0.05) is 18.9 Å². The number of nitrogens with one attached hydrogen (secondary N) is 1. The van der Waals surface area contributed by atoms with Crippen LogP contribution in [0, 0.1) is 6.92 Å². The van der Waals surface area contributed by atoms with E-state index in [2.05, 4.69) is 4.98 Å². The quantitative estimate of drug-likeness (QED) is 0.620. The molecule has 0 radical (unpaired) electrons. The van der Waals surface area contributed by atoms with Crippen molar-refractivity contribution in [2.45, 2.75) is 6.92 Å². The fourth-order valence-corrected chi connectivity index (χ4v) is 1.41. The first-order valence-electron chi connectivity index (χ1n) is 3.84. The average molecular weight is 162 g/mol. The van der Waals surface area contributed by atoms with Crippen molar-refractivity contribution in [3.63, 3.8) is 0 Å². The fourth-order valence-electron chi connectivity index (χ4n) is 1.41. The lowest BCUT2D eigenvalue weighted by molar-refractivity contribution is 0.917. The van der Waals surface area contributed by atoms with Gasteiger partial charge >= 0.3 is 0 Å². The van der Waals surface area contributed by atoms with Gasteiger partial charge in [-0.2, -0.15) is 0 Å². The van der Waals surface area contributed by atoms with Gasteiger partial charge in [0.1, 0.15) is 0 Å². The van der Waals surface area contributed by atoms with Crippen molar-refractivity contribution in [2.24, 2.45) is 7.05 Å². The van der Waals surface area contributed by atoms with Gasteiger partial charge in [0.15, 0.2) is 0 Å². The summed E-state index contributed by atoms with van der Waals surface area (Å²) < 4.78 is 2.00. The molecule has 0 saturated heterocycles. The van der Waals surface area contributed by atoms with Crippen LogP contribution in [0.5, 0.6) is 0 Å². The molecule has 2 heterocycles. The second kappa shape index (κ2) is 2.24. The molecule has 1 N–H and O–H groups in total. The molecule has 0 atom stereocenters. The minimum Gasteiger partial charge on any atom is -0.348 e. The van der Waals surface area contributed by atoms with Crippen LogP contribution in [0.3, 0.4) is 0 Å². The van der Waals surface area contributed by atoms with E-state index >= 15 is 0 Å². The molecule has 0 unspecified atom stereocenters. The number of rotatable bonds is 0. The van der Waals surface area contributed by atoms with Gasteiger partial charge in [-0.15, -0.1) is 0 Å². The number of H-pyrrole nitrogens is 1. The molecule has 12 heavy (non-hydrogen) atoms. The Hall–Kier alpha value is -1.51. The third-order valence-electron chi connectivity index (χ3n) is 2.22. The van der Waals surface area contributed by atoms with Crippen LogP contribution < -0.4 is 5.56 Å². The SMILES string of the molecule is Cc1cc2c(=O)[nH]ccc2n1C. The summed E-state index contributed by atoms with van der Waals surface area (Å²) in [6.07, 6.45) is 1.67. The molecule has 0 bridgehead atoms. The van der Waals surface area contributed by atoms with Crippen LogP contribution in [0.4, 0.5) is 0 Å². The maximum atomic E-state index is 11.3. The first-order valence-corrected chi connectivity index (χ1v) is 3.84. The van der Waals surface area contributed by atoms with Crippen LogP contribution in [-0.4, -0.2) is 9.55 Å². The van der Waals surface area contributed by atoms with Gasteiger partial charge in [0.2, 0.25) is 0 Å². The average Bonchev–Trinajstić information content (AvgIpc) is 2.32. The van der Waals surface area contributed by atoms with E-state index in [4.69, 9.17) is 0 Å². The minimum absolute atomic E-state index is 0.0174. The predicted octanol–water partition coefficient (Wildman–Crippen LogP) is 1.18. The Labute approximate surface area is 69.6 Å². The Kier molecular flexibility index (Phi) is 1.33. The van der Waals surface area contributed by atoms with Gasteiger partial charge in [-0.3, -0.25) is 4.79 Å². The van der Waals surface area contributed by atoms with Crippen molar-refractivity contribution in [3.05, 3.63) is 34.4 Å². The Balaban J connectivity index is 3.05. The summed E-state index contributed by atoms with van der Waals surface area (Å²) in [6, 6.07) is 3.80. The molecule has 2 rings (SSSR count). The first kappa shape index (κ1) is 7.16. The summed E-state index contributed by atoms with van der Waals surface area (Å²) in [5, 5.41) is 0.762. The molecule has 0 aliphatic heterocycles. The van der Waals surface area contributed by atoms with E-state index in [1.54, 1.807) is 6.20 Å². The number of pyridine rings is 1. The number of aromatic amines is 1. The largest absolute Gasteiger partial charge is 0.348 e. The minimum atomic E-state index is -0.0174. The maximum Gasteiger partial charge on any atom is 0.257 e. The highest BCUT2D eigenvalue weighted by Crippen LogP contribution is 2.12. The smallest absolute Gasteiger partial charge is 0.257 e. The Morgan fingerprint density at radius 2 is 2.25 bits per heavy atom. The van der Waals surface area contributed by atoms with E-state index in [0.29, 0.717) is 0 Å². The highest BCUT2D eigenvalue weighted by Gasteiger charge is 2.03. The van der Waals surface area contributed by atoms with E-state index < -0.39 is 0 Å². The molecule has 0 amide bonds. The monoisotopic (exact) mass is 162 g/mol. The number of aryl methyl sites for hydroxylation is 2. The third-order valence-corrected chi connectivity index (χ3v) is 2.22. The van der Waals surface area contributed by atoms with Gasteiger partial charge < -0.3 is 9.55 Å². The summed E-state index contributed by atoms with van der Waals surface area (Å²) in [5.41, 5.74) is 2.06. The van der Waals surface area contributed by atoms with Crippen molar-refractivity contribution in [3.8, 4) is 0 Å². The van der Waals surface area contributed by atoms with Crippen LogP contribution in [0.15, 0.2) is 23.1 Å². The molecule has 0 spiro atoms. The zero-order valence-corrected chi connectivity index (χ0v) is 7.09. The van der Waals surface area contributed by atoms with E-state index in [1.165, 1.54) is 0 Å². The topological polar surface area (TPSA) is 37.8 Å². The molecule has 0 saturated carbocycles. The molecular weight excluding hydrogens is 152 g/mol. The van der Waals surface area contributed by atoms with Gasteiger partial charge in [0.25, 0.3) is 5.56 Å². The molecular formula is C9H10N2O. The lowest BCUT2D eigenvalue weighted by atomic mass is 10.3. The highest BCUT2D eigenvalue weighted by molar-refractivity contribution is 5.79. The predicted molar refractivity (Wildman–Crippen MR) is 48.3 cm³/mol. The fraction of sp³-hybridized carbons (Fsp3) is 0.222. The lowest BCUT2D eigenvalue weighted by Gasteiger charge is -1.96. The third kappa shape index (κ3) is 0.794. The van der Waals surface area contributed by atoms with Gasteiger partial charge in [0.05, 0.1) is 10.9 Å². The summed E-state index contributed by atoms with van der Waals surface area (Å²) in [6.45, 7) is 1.99. The number of hydrogen-bond donors (Lipinski definition) is 1. The molecule has 0 fully saturated rings. The maximum absolute atomic E-state index is 11.3. The van der Waals surface area contributed by atoms with E-state index in [1.807, 2.05) is 30.7 Å². The number of hydrogen-bond acceptors (Lipinski definition) is 1. The summed E-state index contributed by atoms with van der Waals surface area (Å²) in [4.78, 5) is 13.9. The molecule has 2 aromatic rings. The van der Waals surface area contributed by atoms with Crippen molar-refractivity contribution < 1.29 is 0 Å². The second-order valence-electron chi connectivity index (χ2n) is 2.95. The van der Waals surface area contributed by atoms with Gasteiger partial charge in [-0.05, 0) is 19.1 Å². The number of nitrogens with zero attached hydrogens (tertiary/aromatic N) is 1. The van der Waals surface area contributed by atoms with Crippen LogP contribution in [-0.2, 0) is 7.05 Å². The molecule has 2 aromatic heterocycles. The molecule has 62 valence electrons. The second-order valence-corrected chi connectivity index (χ2v) is 2.95. The standard InChI is InChI=1S/C9H10N2O/c1-6-5-7-8(11(6)2)3-4-10-9(7)12/h3-5H,1-2H3,(H,10,12). The molecule has 0 aliphatic rings. The van der Waals surface area contributed by atoms with E-state index in [0.717, 1.165) is 16.6 Å². The van der Waals surface area contributed by atoms with Gasteiger partial charge in [-0.25, -0.2) is 0 Å². The molecule has 0 aliphatic carbocycles. The van der Waals surface area contributed by atoms with Crippen LogP contribution in [0.1, 0.15) is 5.69 Å². The zero-order chi connectivity index (χ0) is 8.72. The number of fused-ring (bicyclic) bond motifs is 1. The Bertz CT molecular complexity index is 479. The lowest BCUT2D eigenvalue weighted by Crippen LogP contribution is -2.03. The normalized spacial score (nSPS) is 10.8. The first-order chi connectivity index (χ1) is 5.70. The van der Waals surface area contributed by atoms with Crippen molar-refractivity contribution in [1.29, 1.82) is 0 Å². The Morgan fingerprint density at radius 3 is 2.92 bits per heavy atom. The molecule has 3 heteroatoms. The van der Waals surface area contributed by atoms with Crippen molar-refractivity contribution >= 4 is 10.9 Å². The molecule has 3 nitrogen and oxygen atoms in total. The van der Waals surface area contributed by atoms with Crippen LogP contribution in [0.25, 0.3) is 10.9 Å². The van der Waals surface area contributed by atoms with Crippen molar-refractivity contribution in [2.75, 3.05) is 0 Å². The summed E-state index contributed by atoms with van der Waals surface area (Å²) >= 11 is 0.